The van der Waals surface area contributed by atoms with E-state index in [-0.39, 0.29) is 24.4 Å². The molecule has 5 heteroatoms. The summed E-state index contributed by atoms with van der Waals surface area (Å²) in [7, 11) is 0. The van der Waals surface area contributed by atoms with Crippen LogP contribution in [-0.2, 0) is 9.59 Å². The fraction of sp³-hybridized carbons (Fsp3) is 0.818. The minimum atomic E-state index is -0.109. The number of carbonyl (C=O) groups is 2. The topological polar surface area (TPSA) is 70.2 Å². The molecule has 1 aliphatic carbocycles. The average molecular weight is 225 g/mol. The molecular weight excluding hydrogens is 206 g/mol. The molecule has 1 atom stereocenters. The molecule has 5 nitrogen and oxygen atoms in total. The van der Waals surface area contributed by atoms with Crippen molar-refractivity contribution in [3.8, 4) is 0 Å². The van der Waals surface area contributed by atoms with Crippen LogP contribution in [0.3, 0.4) is 0 Å². The lowest BCUT2D eigenvalue weighted by Crippen LogP contribution is -2.49. The molecule has 2 amide bonds. The molecule has 0 radical (unpaired) electrons. The minimum absolute atomic E-state index is 0.0503. The predicted octanol–water partition coefficient (Wildman–Crippen LogP) is -0.477. The van der Waals surface area contributed by atoms with Gasteiger partial charge in [-0.05, 0) is 32.2 Å². The first-order valence-electron chi connectivity index (χ1n) is 6.06. The van der Waals surface area contributed by atoms with Gasteiger partial charge in [-0.1, -0.05) is 6.42 Å². The standard InChI is InChI=1S/C11H19N3O2/c15-10(14-8-4-5-8)7-13-11(16)9-3-1-2-6-12-9/h8-9,12H,1-7H2,(H,13,16)(H,14,15). The van der Waals surface area contributed by atoms with Crippen LogP contribution in [-0.4, -0.2) is 37.0 Å². The molecule has 1 unspecified atom stereocenters. The van der Waals surface area contributed by atoms with Crippen molar-refractivity contribution in [1.82, 2.24) is 16.0 Å². The largest absolute Gasteiger partial charge is 0.352 e. The van der Waals surface area contributed by atoms with Gasteiger partial charge < -0.3 is 16.0 Å². The Balaban J connectivity index is 1.63. The zero-order chi connectivity index (χ0) is 11.4. The second-order valence-corrected chi connectivity index (χ2v) is 4.56. The summed E-state index contributed by atoms with van der Waals surface area (Å²) >= 11 is 0. The quantitative estimate of drug-likeness (QED) is 0.605. The van der Waals surface area contributed by atoms with Crippen LogP contribution in [0.1, 0.15) is 32.1 Å². The van der Waals surface area contributed by atoms with Gasteiger partial charge in [0.2, 0.25) is 11.8 Å². The highest BCUT2D eigenvalue weighted by Gasteiger charge is 2.24. The molecule has 90 valence electrons. The second-order valence-electron chi connectivity index (χ2n) is 4.56. The van der Waals surface area contributed by atoms with Crippen molar-refractivity contribution in [2.24, 2.45) is 0 Å². The summed E-state index contributed by atoms with van der Waals surface area (Å²) in [5, 5.41) is 8.66. The second kappa shape index (κ2) is 5.30. The third kappa shape index (κ3) is 3.48. The van der Waals surface area contributed by atoms with Crippen LogP contribution < -0.4 is 16.0 Å². The first kappa shape index (κ1) is 11.4. The lowest BCUT2D eigenvalue weighted by molar-refractivity contribution is -0.127. The van der Waals surface area contributed by atoms with Crippen LogP contribution in [0, 0.1) is 0 Å². The Morgan fingerprint density at radius 2 is 2.00 bits per heavy atom. The summed E-state index contributed by atoms with van der Waals surface area (Å²) in [6.45, 7) is 1.000. The molecule has 1 saturated carbocycles. The molecule has 1 aliphatic heterocycles. The molecular formula is C11H19N3O2. The van der Waals surface area contributed by atoms with Gasteiger partial charge in [-0.2, -0.15) is 0 Å². The monoisotopic (exact) mass is 225 g/mol. The Morgan fingerprint density at radius 3 is 2.62 bits per heavy atom. The molecule has 0 aromatic carbocycles. The van der Waals surface area contributed by atoms with E-state index in [0.717, 1.165) is 38.6 Å². The maximum Gasteiger partial charge on any atom is 0.239 e. The van der Waals surface area contributed by atoms with E-state index in [1.807, 2.05) is 0 Å². The lowest BCUT2D eigenvalue weighted by atomic mass is 10.0. The first-order valence-corrected chi connectivity index (χ1v) is 6.06. The van der Waals surface area contributed by atoms with Gasteiger partial charge in [-0.25, -0.2) is 0 Å². The number of hydrogen-bond donors (Lipinski definition) is 3. The van der Waals surface area contributed by atoms with E-state index in [1.54, 1.807) is 0 Å². The normalized spacial score (nSPS) is 24.9. The Labute approximate surface area is 95.3 Å². The summed E-state index contributed by atoms with van der Waals surface area (Å²) in [6, 6.07) is 0.250. The Morgan fingerprint density at radius 1 is 1.19 bits per heavy atom. The number of carbonyl (C=O) groups excluding carboxylic acids is 2. The molecule has 3 N–H and O–H groups in total. The summed E-state index contributed by atoms with van der Waals surface area (Å²) in [5.41, 5.74) is 0. The molecule has 0 bridgehead atoms. The van der Waals surface area contributed by atoms with Crippen molar-refractivity contribution in [2.45, 2.75) is 44.2 Å². The van der Waals surface area contributed by atoms with Gasteiger partial charge in [-0.15, -0.1) is 0 Å². The van der Waals surface area contributed by atoms with Crippen LogP contribution in [0.5, 0.6) is 0 Å². The van der Waals surface area contributed by atoms with Crippen molar-refractivity contribution < 1.29 is 9.59 Å². The fourth-order valence-corrected chi connectivity index (χ4v) is 1.87. The molecule has 0 aromatic rings. The summed E-state index contributed by atoms with van der Waals surface area (Å²) in [4.78, 5) is 23.0. The maximum absolute atomic E-state index is 11.7. The number of piperidine rings is 1. The van der Waals surface area contributed by atoms with Crippen LogP contribution in [0.2, 0.25) is 0 Å². The third-order valence-electron chi connectivity index (χ3n) is 2.99. The van der Waals surface area contributed by atoms with Crippen LogP contribution in [0.4, 0.5) is 0 Å². The summed E-state index contributed by atoms with van der Waals surface area (Å²) in [6.07, 6.45) is 5.23. The van der Waals surface area contributed by atoms with Crippen molar-refractivity contribution in [3.63, 3.8) is 0 Å². The maximum atomic E-state index is 11.7. The molecule has 2 aliphatic rings. The molecule has 2 rings (SSSR count). The third-order valence-corrected chi connectivity index (χ3v) is 2.99. The van der Waals surface area contributed by atoms with Crippen molar-refractivity contribution in [3.05, 3.63) is 0 Å². The highest BCUT2D eigenvalue weighted by Crippen LogP contribution is 2.18. The molecule has 2 fully saturated rings. The van der Waals surface area contributed by atoms with Gasteiger partial charge in [0, 0.05) is 6.04 Å². The van der Waals surface area contributed by atoms with Crippen molar-refractivity contribution in [1.29, 1.82) is 0 Å². The molecule has 1 saturated heterocycles. The number of rotatable bonds is 4. The van der Waals surface area contributed by atoms with Crippen LogP contribution >= 0.6 is 0 Å². The Bertz CT molecular complexity index is 270. The molecule has 16 heavy (non-hydrogen) atoms. The predicted molar refractivity (Wildman–Crippen MR) is 59.8 cm³/mol. The van der Waals surface area contributed by atoms with Gasteiger partial charge in [-0.3, -0.25) is 9.59 Å². The zero-order valence-corrected chi connectivity index (χ0v) is 9.42. The fourth-order valence-electron chi connectivity index (χ4n) is 1.87. The molecule has 0 spiro atoms. The van der Waals surface area contributed by atoms with E-state index in [2.05, 4.69) is 16.0 Å². The van der Waals surface area contributed by atoms with E-state index >= 15 is 0 Å². The highest BCUT2D eigenvalue weighted by molar-refractivity contribution is 5.87. The van der Waals surface area contributed by atoms with E-state index < -0.39 is 0 Å². The lowest BCUT2D eigenvalue weighted by Gasteiger charge is -2.22. The number of amides is 2. The van der Waals surface area contributed by atoms with Gasteiger partial charge in [0.25, 0.3) is 0 Å². The summed E-state index contributed by atoms with van der Waals surface area (Å²) < 4.78 is 0. The van der Waals surface area contributed by atoms with Crippen LogP contribution in [0.25, 0.3) is 0 Å². The first-order chi connectivity index (χ1) is 7.75. The molecule has 0 aromatic heterocycles. The SMILES string of the molecule is O=C(CNC(=O)C1CCCCN1)NC1CC1. The van der Waals surface area contributed by atoms with Gasteiger partial charge in [0.1, 0.15) is 0 Å². The van der Waals surface area contributed by atoms with E-state index in [4.69, 9.17) is 0 Å². The van der Waals surface area contributed by atoms with Gasteiger partial charge in [0.15, 0.2) is 0 Å². The molecule has 1 heterocycles. The van der Waals surface area contributed by atoms with Gasteiger partial charge >= 0.3 is 0 Å². The van der Waals surface area contributed by atoms with E-state index in [0.29, 0.717) is 6.04 Å². The van der Waals surface area contributed by atoms with Crippen molar-refractivity contribution >= 4 is 11.8 Å². The highest BCUT2D eigenvalue weighted by atomic mass is 16.2. The van der Waals surface area contributed by atoms with Crippen molar-refractivity contribution in [2.75, 3.05) is 13.1 Å². The smallest absolute Gasteiger partial charge is 0.239 e. The van der Waals surface area contributed by atoms with E-state index in [9.17, 15) is 9.59 Å². The summed E-state index contributed by atoms with van der Waals surface area (Å²) in [5.74, 6) is -0.127. The average Bonchev–Trinajstić information content (AvgIpc) is 3.11. The zero-order valence-electron chi connectivity index (χ0n) is 9.42. The minimum Gasteiger partial charge on any atom is -0.352 e. The van der Waals surface area contributed by atoms with Crippen LogP contribution in [0.15, 0.2) is 0 Å². The Kier molecular flexibility index (Phi) is 3.77. The Hall–Kier alpha value is -1.10. The number of nitrogens with one attached hydrogen (secondary N) is 3. The van der Waals surface area contributed by atoms with Gasteiger partial charge in [0.05, 0.1) is 12.6 Å². The number of hydrogen-bond acceptors (Lipinski definition) is 3. The van der Waals surface area contributed by atoms with E-state index in [1.165, 1.54) is 0 Å².